The first-order chi connectivity index (χ1) is 8.08. The number of carboxylic acids is 1. The Balaban J connectivity index is 1.69. The van der Waals surface area contributed by atoms with Gasteiger partial charge in [-0.2, -0.15) is 0 Å². The highest BCUT2D eigenvalue weighted by Gasteiger charge is 2.35. The van der Waals surface area contributed by atoms with Gasteiger partial charge >= 0.3 is 5.97 Å². The molecule has 2 aliphatic heterocycles. The molecule has 6 nitrogen and oxygen atoms in total. The van der Waals surface area contributed by atoms with Gasteiger partial charge in [0, 0.05) is 38.4 Å². The molecule has 0 saturated carbocycles. The van der Waals surface area contributed by atoms with Crippen molar-refractivity contribution in [1.29, 1.82) is 0 Å². The van der Waals surface area contributed by atoms with Crippen LogP contribution in [0.15, 0.2) is 0 Å². The van der Waals surface area contributed by atoms with Crippen molar-refractivity contribution >= 4 is 28.9 Å². The molecule has 2 aliphatic rings. The zero-order chi connectivity index (χ0) is 12.4. The summed E-state index contributed by atoms with van der Waals surface area (Å²) in [7, 11) is 0. The van der Waals surface area contributed by atoms with Crippen molar-refractivity contribution in [3.05, 3.63) is 0 Å². The fraction of sp³-hybridized carbons (Fsp3) is 0.700. The lowest BCUT2D eigenvalue weighted by Crippen LogP contribution is -2.53. The van der Waals surface area contributed by atoms with E-state index in [4.69, 9.17) is 5.11 Å². The van der Waals surface area contributed by atoms with Gasteiger partial charge in [0.1, 0.15) is 0 Å². The van der Waals surface area contributed by atoms with E-state index in [1.165, 1.54) is 16.7 Å². The molecule has 0 bridgehead atoms. The molecule has 94 valence electrons. The van der Waals surface area contributed by atoms with E-state index in [1.807, 2.05) is 0 Å². The lowest BCUT2D eigenvalue weighted by molar-refractivity contribution is -0.152. The van der Waals surface area contributed by atoms with Crippen LogP contribution in [0.3, 0.4) is 0 Å². The lowest BCUT2D eigenvalue weighted by Gasteiger charge is -2.37. The average Bonchev–Trinajstić information content (AvgIpc) is 2.58. The van der Waals surface area contributed by atoms with Gasteiger partial charge < -0.3 is 14.9 Å². The standard InChI is InChI=1S/C10H14N2O4S/c13-8(12-5-7(6-12)9(14)15)1-2-11-3-4-17-10(11)16/h7H,1-6H2,(H,14,15). The molecule has 0 spiro atoms. The second-order valence-corrected chi connectivity index (χ2v) is 5.23. The summed E-state index contributed by atoms with van der Waals surface area (Å²) in [6, 6.07) is 0. The summed E-state index contributed by atoms with van der Waals surface area (Å²) >= 11 is 1.27. The van der Waals surface area contributed by atoms with Crippen LogP contribution in [-0.4, -0.2) is 64.0 Å². The number of carbonyl (C=O) groups is 3. The Morgan fingerprint density at radius 2 is 2.12 bits per heavy atom. The molecule has 0 unspecified atom stereocenters. The Morgan fingerprint density at radius 3 is 2.65 bits per heavy atom. The zero-order valence-electron chi connectivity index (χ0n) is 9.29. The van der Waals surface area contributed by atoms with Crippen LogP contribution in [-0.2, 0) is 9.59 Å². The fourth-order valence-corrected chi connectivity index (χ4v) is 2.71. The summed E-state index contributed by atoms with van der Waals surface area (Å²) in [5, 5.41) is 8.71. The predicted molar refractivity (Wildman–Crippen MR) is 61.7 cm³/mol. The minimum absolute atomic E-state index is 0.0322. The number of hydrogen-bond acceptors (Lipinski definition) is 4. The van der Waals surface area contributed by atoms with Crippen LogP contribution in [0.1, 0.15) is 6.42 Å². The third-order valence-electron chi connectivity index (χ3n) is 3.02. The number of carbonyl (C=O) groups excluding carboxylic acids is 2. The Bertz CT molecular complexity index is 354. The van der Waals surface area contributed by atoms with Gasteiger partial charge in [0.25, 0.3) is 5.24 Å². The molecular weight excluding hydrogens is 244 g/mol. The second-order valence-electron chi connectivity index (χ2n) is 4.19. The van der Waals surface area contributed by atoms with Gasteiger partial charge in [0.15, 0.2) is 0 Å². The van der Waals surface area contributed by atoms with Gasteiger partial charge in [-0.15, -0.1) is 0 Å². The summed E-state index contributed by atoms with van der Waals surface area (Å²) in [6.45, 7) is 1.75. The summed E-state index contributed by atoms with van der Waals surface area (Å²) < 4.78 is 0. The van der Waals surface area contributed by atoms with Crippen LogP contribution in [0.5, 0.6) is 0 Å². The highest BCUT2D eigenvalue weighted by molar-refractivity contribution is 8.13. The quantitative estimate of drug-likeness (QED) is 0.773. The van der Waals surface area contributed by atoms with Gasteiger partial charge in [0.2, 0.25) is 5.91 Å². The van der Waals surface area contributed by atoms with Crippen molar-refractivity contribution in [1.82, 2.24) is 9.80 Å². The smallest absolute Gasteiger partial charge is 0.310 e. The molecule has 0 aromatic carbocycles. The molecule has 0 atom stereocenters. The Kier molecular flexibility index (Phi) is 3.56. The van der Waals surface area contributed by atoms with Crippen molar-refractivity contribution in [2.24, 2.45) is 5.92 Å². The van der Waals surface area contributed by atoms with E-state index >= 15 is 0 Å². The number of nitrogens with zero attached hydrogens (tertiary/aromatic N) is 2. The van der Waals surface area contributed by atoms with Gasteiger partial charge in [-0.05, 0) is 0 Å². The normalized spacial score (nSPS) is 20.6. The topological polar surface area (TPSA) is 77.9 Å². The average molecular weight is 258 g/mol. The first-order valence-electron chi connectivity index (χ1n) is 5.50. The molecule has 2 fully saturated rings. The van der Waals surface area contributed by atoms with E-state index in [0.717, 1.165) is 5.75 Å². The number of thioether (sulfide) groups is 1. The summed E-state index contributed by atoms with van der Waals surface area (Å²) in [5.74, 6) is -0.534. The van der Waals surface area contributed by atoms with E-state index in [0.29, 0.717) is 32.6 Å². The van der Waals surface area contributed by atoms with E-state index in [-0.39, 0.29) is 11.1 Å². The van der Waals surface area contributed by atoms with Crippen molar-refractivity contribution in [2.75, 3.05) is 31.9 Å². The van der Waals surface area contributed by atoms with Gasteiger partial charge in [0.05, 0.1) is 5.92 Å². The molecule has 0 aliphatic carbocycles. The maximum absolute atomic E-state index is 11.6. The van der Waals surface area contributed by atoms with E-state index in [1.54, 1.807) is 4.90 Å². The maximum atomic E-state index is 11.6. The van der Waals surface area contributed by atoms with Crippen molar-refractivity contribution in [3.8, 4) is 0 Å². The molecule has 2 heterocycles. The van der Waals surface area contributed by atoms with E-state index < -0.39 is 11.9 Å². The minimum Gasteiger partial charge on any atom is -0.481 e. The molecule has 0 aromatic rings. The van der Waals surface area contributed by atoms with Crippen LogP contribution in [0, 0.1) is 5.92 Å². The monoisotopic (exact) mass is 258 g/mol. The van der Waals surface area contributed by atoms with Crippen molar-refractivity contribution in [2.45, 2.75) is 6.42 Å². The molecular formula is C10H14N2O4S. The third-order valence-corrected chi connectivity index (χ3v) is 3.92. The molecule has 0 radical (unpaired) electrons. The zero-order valence-corrected chi connectivity index (χ0v) is 10.1. The van der Waals surface area contributed by atoms with Crippen LogP contribution in [0.2, 0.25) is 0 Å². The van der Waals surface area contributed by atoms with Crippen molar-refractivity contribution < 1.29 is 19.5 Å². The number of amides is 2. The van der Waals surface area contributed by atoms with Gasteiger partial charge in [-0.1, -0.05) is 11.8 Å². The fourth-order valence-electron chi connectivity index (χ4n) is 1.86. The molecule has 1 N–H and O–H groups in total. The largest absolute Gasteiger partial charge is 0.481 e. The van der Waals surface area contributed by atoms with E-state index in [2.05, 4.69) is 0 Å². The van der Waals surface area contributed by atoms with Crippen LogP contribution in [0.25, 0.3) is 0 Å². The second kappa shape index (κ2) is 4.95. The molecule has 2 rings (SSSR count). The first-order valence-corrected chi connectivity index (χ1v) is 6.49. The summed E-state index contributed by atoms with van der Waals surface area (Å²) in [4.78, 5) is 36.7. The summed E-state index contributed by atoms with van der Waals surface area (Å²) in [6.07, 6.45) is 0.290. The van der Waals surface area contributed by atoms with Gasteiger partial charge in [-0.25, -0.2) is 0 Å². The SMILES string of the molecule is O=C(O)C1CN(C(=O)CCN2CCSC2=O)C1. The van der Waals surface area contributed by atoms with Crippen LogP contribution < -0.4 is 0 Å². The van der Waals surface area contributed by atoms with E-state index in [9.17, 15) is 14.4 Å². The first kappa shape index (κ1) is 12.2. The molecule has 7 heteroatoms. The molecule has 2 saturated heterocycles. The van der Waals surface area contributed by atoms with Crippen LogP contribution in [0.4, 0.5) is 4.79 Å². The molecule has 2 amide bonds. The third kappa shape index (κ3) is 2.71. The summed E-state index contributed by atoms with van der Waals surface area (Å²) in [5.41, 5.74) is 0. The predicted octanol–water partition coefficient (Wildman–Crippen LogP) is 0.0883. The lowest BCUT2D eigenvalue weighted by atomic mass is 10.0. The number of carboxylic acid groups (broad SMARTS) is 1. The van der Waals surface area contributed by atoms with Gasteiger partial charge in [-0.3, -0.25) is 14.4 Å². The Labute approximate surface area is 103 Å². The van der Waals surface area contributed by atoms with Crippen LogP contribution >= 0.6 is 11.8 Å². The number of aliphatic carboxylic acids is 1. The number of rotatable bonds is 4. The highest BCUT2D eigenvalue weighted by atomic mass is 32.2. The highest BCUT2D eigenvalue weighted by Crippen LogP contribution is 2.19. The number of hydrogen-bond donors (Lipinski definition) is 1. The molecule has 0 aromatic heterocycles. The maximum Gasteiger partial charge on any atom is 0.310 e. The Morgan fingerprint density at radius 1 is 1.41 bits per heavy atom. The minimum atomic E-state index is -0.847. The number of likely N-dealkylation sites (tertiary alicyclic amines) is 1. The van der Waals surface area contributed by atoms with Crippen molar-refractivity contribution in [3.63, 3.8) is 0 Å². The Hall–Kier alpha value is -1.24. The molecule has 17 heavy (non-hydrogen) atoms.